The largest absolute Gasteiger partial charge is 0.481 e. The predicted molar refractivity (Wildman–Crippen MR) is 70.1 cm³/mol. The van der Waals surface area contributed by atoms with Gasteiger partial charge in [-0.05, 0) is 11.6 Å². The van der Waals surface area contributed by atoms with Crippen LogP contribution in [0, 0.1) is 0 Å². The molecule has 98 valence electrons. The van der Waals surface area contributed by atoms with Gasteiger partial charge in [0.25, 0.3) is 0 Å². The number of nitrogens with zero attached hydrogens (tertiary/aromatic N) is 1. The quantitative estimate of drug-likeness (QED) is 0.806. The van der Waals surface area contributed by atoms with Crippen LogP contribution in [0.1, 0.15) is 11.6 Å². The van der Waals surface area contributed by atoms with Crippen LogP contribution in [0.3, 0.4) is 0 Å². The number of carboxylic acids is 2. The minimum Gasteiger partial charge on any atom is -0.481 e. The van der Waals surface area contributed by atoms with Crippen molar-refractivity contribution in [2.75, 3.05) is 0 Å². The van der Waals surface area contributed by atoms with Gasteiger partial charge in [0, 0.05) is 17.1 Å². The molecule has 0 aliphatic rings. The summed E-state index contributed by atoms with van der Waals surface area (Å²) in [5, 5.41) is 18.8. The number of carbonyl (C=O) groups is 2. The van der Waals surface area contributed by atoms with Gasteiger partial charge in [0.2, 0.25) is 0 Å². The first-order valence-electron chi connectivity index (χ1n) is 5.70. The lowest BCUT2D eigenvalue weighted by Crippen LogP contribution is -2.15. The molecular weight excluding hydrogens is 246 g/mol. The third kappa shape index (κ3) is 2.35. The highest BCUT2D eigenvalue weighted by atomic mass is 16.4. The maximum Gasteiger partial charge on any atom is 0.330 e. The van der Waals surface area contributed by atoms with E-state index in [4.69, 9.17) is 10.2 Å². The standard InChI is InChI=1S/C14H13NO4/c1-2-11(14(18)19)15-8-9(7-13(16)17)10-5-3-4-6-12(10)15/h2-6,8,11H,1,7H2,(H,16,17)(H,18,19). The Kier molecular flexibility index (Phi) is 3.37. The lowest BCUT2D eigenvalue weighted by molar-refractivity contribution is -0.139. The third-order valence-electron chi connectivity index (χ3n) is 2.94. The first-order valence-corrected chi connectivity index (χ1v) is 5.70. The molecule has 0 saturated carbocycles. The Bertz CT molecular complexity index is 657. The zero-order valence-electron chi connectivity index (χ0n) is 10.1. The highest BCUT2D eigenvalue weighted by Gasteiger charge is 2.20. The number of hydrogen-bond acceptors (Lipinski definition) is 2. The van der Waals surface area contributed by atoms with Crippen LogP contribution < -0.4 is 0 Å². The van der Waals surface area contributed by atoms with Gasteiger partial charge in [-0.3, -0.25) is 4.79 Å². The molecule has 0 saturated heterocycles. The lowest BCUT2D eigenvalue weighted by atomic mass is 10.1. The first kappa shape index (κ1) is 12.9. The van der Waals surface area contributed by atoms with Gasteiger partial charge in [0.1, 0.15) is 6.04 Å². The molecule has 5 nitrogen and oxygen atoms in total. The van der Waals surface area contributed by atoms with E-state index in [2.05, 4.69) is 6.58 Å². The smallest absolute Gasteiger partial charge is 0.330 e. The number of fused-ring (bicyclic) bond motifs is 1. The number of carboxylic acid groups (broad SMARTS) is 2. The Labute approximate surface area is 109 Å². The molecule has 1 aromatic carbocycles. The van der Waals surface area contributed by atoms with Gasteiger partial charge < -0.3 is 14.8 Å². The van der Waals surface area contributed by atoms with E-state index < -0.39 is 18.0 Å². The number of benzene rings is 1. The Hall–Kier alpha value is -2.56. The number of hydrogen-bond donors (Lipinski definition) is 2. The maximum absolute atomic E-state index is 11.2. The SMILES string of the molecule is C=CC(C(=O)O)n1cc(CC(=O)O)c2ccccc21. The summed E-state index contributed by atoms with van der Waals surface area (Å²) in [5.74, 6) is -1.98. The molecule has 0 aliphatic carbocycles. The van der Waals surface area contributed by atoms with E-state index in [1.54, 1.807) is 30.5 Å². The van der Waals surface area contributed by atoms with Crippen molar-refractivity contribution in [3.63, 3.8) is 0 Å². The zero-order chi connectivity index (χ0) is 14.0. The van der Waals surface area contributed by atoms with Gasteiger partial charge >= 0.3 is 11.9 Å². The van der Waals surface area contributed by atoms with E-state index in [0.29, 0.717) is 11.1 Å². The average Bonchev–Trinajstić information content (AvgIpc) is 2.69. The minimum absolute atomic E-state index is 0.142. The fourth-order valence-electron chi connectivity index (χ4n) is 2.14. The van der Waals surface area contributed by atoms with Gasteiger partial charge in [0.15, 0.2) is 0 Å². The molecule has 1 aromatic heterocycles. The fraction of sp³-hybridized carbons (Fsp3) is 0.143. The second-order valence-electron chi connectivity index (χ2n) is 4.17. The molecule has 2 aromatic rings. The van der Waals surface area contributed by atoms with Gasteiger partial charge in [-0.15, -0.1) is 6.58 Å². The Morgan fingerprint density at radius 2 is 2.00 bits per heavy atom. The topological polar surface area (TPSA) is 79.5 Å². The molecule has 0 amide bonds. The van der Waals surface area contributed by atoms with E-state index >= 15 is 0 Å². The van der Waals surface area contributed by atoms with Crippen molar-refractivity contribution in [1.82, 2.24) is 4.57 Å². The number of aromatic nitrogens is 1. The molecule has 1 unspecified atom stereocenters. The van der Waals surface area contributed by atoms with Gasteiger partial charge in [-0.2, -0.15) is 0 Å². The fourth-order valence-corrected chi connectivity index (χ4v) is 2.14. The Morgan fingerprint density at radius 1 is 1.32 bits per heavy atom. The third-order valence-corrected chi connectivity index (χ3v) is 2.94. The lowest BCUT2D eigenvalue weighted by Gasteiger charge is -2.10. The number of aliphatic carboxylic acids is 2. The van der Waals surface area contributed by atoms with E-state index in [-0.39, 0.29) is 6.42 Å². The first-order chi connectivity index (χ1) is 9.04. The summed E-state index contributed by atoms with van der Waals surface area (Å²) in [7, 11) is 0. The molecule has 19 heavy (non-hydrogen) atoms. The normalized spacial score (nSPS) is 12.2. The molecule has 0 aliphatic heterocycles. The average molecular weight is 259 g/mol. The molecule has 1 atom stereocenters. The summed E-state index contributed by atoms with van der Waals surface area (Å²) in [4.78, 5) is 22.0. The molecule has 0 bridgehead atoms. The van der Waals surface area contributed by atoms with Crippen molar-refractivity contribution < 1.29 is 19.8 Å². The van der Waals surface area contributed by atoms with Crippen molar-refractivity contribution in [3.8, 4) is 0 Å². The molecule has 2 rings (SSSR count). The highest BCUT2D eigenvalue weighted by Crippen LogP contribution is 2.25. The van der Waals surface area contributed by atoms with Gasteiger partial charge in [0.05, 0.1) is 6.42 Å². The van der Waals surface area contributed by atoms with Crippen molar-refractivity contribution in [2.45, 2.75) is 12.5 Å². The Morgan fingerprint density at radius 3 is 2.58 bits per heavy atom. The summed E-state index contributed by atoms with van der Waals surface area (Å²) in [6, 6.07) is 6.21. The van der Waals surface area contributed by atoms with Crippen molar-refractivity contribution in [1.29, 1.82) is 0 Å². The maximum atomic E-state index is 11.2. The van der Waals surface area contributed by atoms with Crippen molar-refractivity contribution >= 4 is 22.8 Å². The predicted octanol–water partition coefficient (Wildman–Crippen LogP) is 2.08. The summed E-state index contributed by atoms with van der Waals surface area (Å²) < 4.78 is 1.53. The van der Waals surface area contributed by atoms with Crippen LogP contribution in [0.4, 0.5) is 0 Å². The van der Waals surface area contributed by atoms with E-state index in [0.717, 1.165) is 5.39 Å². The second kappa shape index (κ2) is 4.97. The molecule has 2 N–H and O–H groups in total. The molecule has 0 spiro atoms. The molecular formula is C14H13NO4. The van der Waals surface area contributed by atoms with Crippen LogP contribution in [-0.4, -0.2) is 26.7 Å². The summed E-state index contributed by atoms with van der Waals surface area (Å²) in [6.45, 7) is 3.52. The van der Waals surface area contributed by atoms with Gasteiger partial charge in [-0.1, -0.05) is 24.3 Å². The summed E-state index contributed by atoms with van der Waals surface area (Å²) in [5.41, 5.74) is 1.28. The summed E-state index contributed by atoms with van der Waals surface area (Å²) in [6.07, 6.45) is 2.75. The van der Waals surface area contributed by atoms with Crippen LogP contribution in [0.5, 0.6) is 0 Å². The number of para-hydroxylation sites is 1. The van der Waals surface area contributed by atoms with Crippen LogP contribution >= 0.6 is 0 Å². The van der Waals surface area contributed by atoms with Crippen LogP contribution in [0.25, 0.3) is 10.9 Å². The second-order valence-corrected chi connectivity index (χ2v) is 4.17. The molecule has 0 fully saturated rings. The molecule has 1 heterocycles. The van der Waals surface area contributed by atoms with E-state index in [1.165, 1.54) is 10.6 Å². The number of rotatable bonds is 5. The van der Waals surface area contributed by atoms with Crippen LogP contribution in [0.2, 0.25) is 0 Å². The highest BCUT2D eigenvalue weighted by molar-refractivity contribution is 5.89. The van der Waals surface area contributed by atoms with Gasteiger partial charge in [-0.25, -0.2) is 4.79 Å². The van der Waals surface area contributed by atoms with Crippen molar-refractivity contribution in [2.24, 2.45) is 0 Å². The molecule has 0 radical (unpaired) electrons. The van der Waals surface area contributed by atoms with Crippen LogP contribution in [0.15, 0.2) is 43.1 Å². The Balaban J connectivity index is 2.64. The summed E-state index contributed by atoms with van der Waals surface area (Å²) >= 11 is 0. The molecule has 5 heteroatoms. The van der Waals surface area contributed by atoms with Crippen LogP contribution in [-0.2, 0) is 16.0 Å². The monoisotopic (exact) mass is 259 g/mol. The van der Waals surface area contributed by atoms with Crippen molar-refractivity contribution in [3.05, 3.63) is 48.7 Å². The van der Waals surface area contributed by atoms with E-state index in [1.807, 2.05) is 0 Å². The minimum atomic E-state index is -1.03. The van der Waals surface area contributed by atoms with E-state index in [9.17, 15) is 9.59 Å². The zero-order valence-corrected chi connectivity index (χ0v) is 10.1.